The summed E-state index contributed by atoms with van der Waals surface area (Å²) >= 11 is 0. The minimum atomic E-state index is -0.451. The van der Waals surface area contributed by atoms with Crippen molar-refractivity contribution in [3.8, 4) is 11.5 Å². The zero-order valence-electron chi connectivity index (χ0n) is 14.5. The Labute approximate surface area is 151 Å². The second-order valence-corrected chi connectivity index (χ2v) is 6.54. The lowest BCUT2D eigenvalue weighted by molar-refractivity contribution is -0.141. The van der Waals surface area contributed by atoms with E-state index in [4.69, 9.17) is 13.9 Å². The van der Waals surface area contributed by atoms with Crippen molar-refractivity contribution in [1.29, 1.82) is 0 Å². The summed E-state index contributed by atoms with van der Waals surface area (Å²) in [4.78, 5) is 28.5. The monoisotopic (exact) mass is 356 g/mol. The molecule has 7 nitrogen and oxygen atoms in total. The SMILES string of the molecule is CN(Cc1ccco1)C(=O)C1CCC(=O)N1Cc1ccc2c(c1)OCO2. The molecule has 3 heterocycles. The fraction of sp³-hybridized carbons (Fsp3) is 0.368. The van der Waals surface area contributed by atoms with Crippen molar-refractivity contribution in [3.63, 3.8) is 0 Å². The van der Waals surface area contributed by atoms with E-state index in [1.807, 2.05) is 24.3 Å². The van der Waals surface area contributed by atoms with E-state index >= 15 is 0 Å². The maximum absolute atomic E-state index is 12.9. The Bertz CT molecular complexity index is 817. The van der Waals surface area contributed by atoms with Gasteiger partial charge in [0.15, 0.2) is 11.5 Å². The molecule has 2 aromatic rings. The normalized spacial score (nSPS) is 18.4. The third-order valence-electron chi connectivity index (χ3n) is 4.75. The fourth-order valence-corrected chi connectivity index (χ4v) is 3.39. The molecule has 0 N–H and O–H groups in total. The molecule has 1 unspecified atom stereocenters. The lowest BCUT2D eigenvalue weighted by Gasteiger charge is -2.28. The Morgan fingerprint density at radius 3 is 2.92 bits per heavy atom. The van der Waals surface area contributed by atoms with Crippen LogP contribution in [0.4, 0.5) is 0 Å². The van der Waals surface area contributed by atoms with Gasteiger partial charge in [0.25, 0.3) is 0 Å². The van der Waals surface area contributed by atoms with E-state index in [1.165, 1.54) is 0 Å². The van der Waals surface area contributed by atoms with Crippen LogP contribution in [0.5, 0.6) is 11.5 Å². The van der Waals surface area contributed by atoms with Crippen LogP contribution in [0.2, 0.25) is 0 Å². The highest BCUT2D eigenvalue weighted by Crippen LogP contribution is 2.33. The number of carbonyl (C=O) groups excluding carboxylic acids is 2. The second kappa shape index (κ2) is 6.74. The molecular weight excluding hydrogens is 336 g/mol. The van der Waals surface area contributed by atoms with Crippen LogP contribution in [-0.4, -0.2) is 41.5 Å². The molecule has 2 aliphatic rings. The number of fused-ring (bicyclic) bond motifs is 1. The number of likely N-dealkylation sites (N-methyl/N-ethyl adjacent to an activating group) is 1. The number of carbonyl (C=O) groups is 2. The Balaban J connectivity index is 1.47. The first-order chi connectivity index (χ1) is 12.6. The number of nitrogens with zero attached hydrogens (tertiary/aromatic N) is 2. The van der Waals surface area contributed by atoms with Gasteiger partial charge in [-0.15, -0.1) is 0 Å². The van der Waals surface area contributed by atoms with Gasteiger partial charge in [-0.1, -0.05) is 6.07 Å². The zero-order valence-corrected chi connectivity index (χ0v) is 14.5. The van der Waals surface area contributed by atoms with Crippen molar-refractivity contribution in [2.75, 3.05) is 13.8 Å². The van der Waals surface area contributed by atoms with Crippen LogP contribution in [0.15, 0.2) is 41.0 Å². The molecule has 0 spiro atoms. The molecular formula is C19H20N2O5. The third-order valence-corrected chi connectivity index (χ3v) is 4.75. The van der Waals surface area contributed by atoms with Crippen molar-refractivity contribution in [1.82, 2.24) is 9.80 Å². The van der Waals surface area contributed by atoms with Crippen molar-refractivity contribution in [3.05, 3.63) is 47.9 Å². The molecule has 1 aromatic carbocycles. The number of benzene rings is 1. The van der Waals surface area contributed by atoms with Crippen LogP contribution in [0.3, 0.4) is 0 Å². The van der Waals surface area contributed by atoms with E-state index in [0.717, 1.165) is 5.56 Å². The summed E-state index contributed by atoms with van der Waals surface area (Å²) in [6, 6.07) is 8.76. The lowest BCUT2D eigenvalue weighted by atomic mass is 10.1. The van der Waals surface area contributed by atoms with Crippen molar-refractivity contribution in [2.45, 2.75) is 32.0 Å². The maximum atomic E-state index is 12.9. The molecule has 1 saturated heterocycles. The van der Waals surface area contributed by atoms with E-state index in [1.54, 1.807) is 29.2 Å². The molecule has 1 fully saturated rings. The minimum Gasteiger partial charge on any atom is -0.467 e. The van der Waals surface area contributed by atoms with Crippen LogP contribution < -0.4 is 9.47 Å². The van der Waals surface area contributed by atoms with E-state index < -0.39 is 6.04 Å². The largest absolute Gasteiger partial charge is 0.467 e. The summed E-state index contributed by atoms with van der Waals surface area (Å²) < 4.78 is 16.0. The maximum Gasteiger partial charge on any atom is 0.245 e. The van der Waals surface area contributed by atoms with E-state index in [0.29, 0.717) is 43.2 Å². The number of furan rings is 1. The van der Waals surface area contributed by atoms with Crippen molar-refractivity contribution in [2.24, 2.45) is 0 Å². The summed E-state index contributed by atoms with van der Waals surface area (Å²) in [5, 5.41) is 0. The van der Waals surface area contributed by atoms with Gasteiger partial charge in [-0.2, -0.15) is 0 Å². The molecule has 0 radical (unpaired) electrons. The highest BCUT2D eigenvalue weighted by molar-refractivity contribution is 5.90. The average molecular weight is 356 g/mol. The van der Waals surface area contributed by atoms with Crippen LogP contribution in [-0.2, 0) is 22.7 Å². The molecule has 2 amide bonds. The number of amides is 2. The average Bonchev–Trinajstić information content (AvgIpc) is 3.37. The van der Waals surface area contributed by atoms with E-state index in [-0.39, 0.29) is 18.6 Å². The van der Waals surface area contributed by atoms with Gasteiger partial charge in [0.2, 0.25) is 18.6 Å². The molecule has 1 aromatic heterocycles. The van der Waals surface area contributed by atoms with Crippen LogP contribution >= 0.6 is 0 Å². The molecule has 1 atom stereocenters. The quantitative estimate of drug-likeness (QED) is 0.821. The summed E-state index contributed by atoms with van der Waals surface area (Å²) in [6.07, 6.45) is 2.50. The number of ether oxygens (including phenoxy) is 2. The molecule has 26 heavy (non-hydrogen) atoms. The molecule has 4 rings (SSSR count). The van der Waals surface area contributed by atoms with Gasteiger partial charge in [0.1, 0.15) is 11.8 Å². The topological polar surface area (TPSA) is 72.2 Å². The Kier molecular flexibility index (Phi) is 4.28. The van der Waals surface area contributed by atoms with Gasteiger partial charge in [-0.3, -0.25) is 9.59 Å². The lowest BCUT2D eigenvalue weighted by Crippen LogP contribution is -2.44. The molecule has 7 heteroatoms. The van der Waals surface area contributed by atoms with Crippen LogP contribution in [0.1, 0.15) is 24.2 Å². The van der Waals surface area contributed by atoms with Gasteiger partial charge in [-0.25, -0.2) is 0 Å². The van der Waals surface area contributed by atoms with Crippen LogP contribution in [0.25, 0.3) is 0 Å². The van der Waals surface area contributed by atoms with Crippen molar-refractivity contribution >= 4 is 11.8 Å². The van der Waals surface area contributed by atoms with Gasteiger partial charge in [0, 0.05) is 20.0 Å². The smallest absolute Gasteiger partial charge is 0.245 e. The van der Waals surface area contributed by atoms with Gasteiger partial charge in [-0.05, 0) is 36.2 Å². The van der Waals surface area contributed by atoms with Crippen molar-refractivity contribution < 1.29 is 23.5 Å². The summed E-state index contributed by atoms with van der Waals surface area (Å²) in [5.41, 5.74) is 0.913. The Morgan fingerprint density at radius 1 is 1.27 bits per heavy atom. The van der Waals surface area contributed by atoms with Crippen LogP contribution in [0, 0.1) is 0 Å². The first kappa shape index (κ1) is 16.5. The molecule has 2 aliphatic heterocycles. The molecule has 136 valence electrons. The number of hydrogen-bond donors (Lipinski definition) is 0. The van der Waals surface area contributed by atoms with Gasteiger partial charge >= 0.3 is 0 Å². The predicted octanol–water partition coefficient (Wildman–Crippen LogP) is 2.16. The molecule has 0 saturated carbocycles. The standard InChI is InChI=1S/C19H20N2O5/c1-20(11-14-3-2-8-24-14)19(23)15-5-7-18(22)21(15)10-13-4-6-16-17(9-13)26-12-25-16/h2-4,6,8-9,15H,5,7,10-12H2,1H3. The zero-order chi connectivity index (χ0) is 18.1. The first-order valence-electron chi connectivity index (χ1n) is 8.57. The van der Waals surface area contributed by atoms with E-state index in [2.05, 4.69) is 0 Å². The highest BCUT2D eigenvalue weighted by atomic mass is 16.7. The second-order valence-electron chi connectivity index (χ2n) is 6.54. The minimum absolute atomic E-state index is 0.00702. The summed E-state index contributed by atoms with van der Waals surface area (Å²) in [7, 11) is 1.73. The third kappa shape index (κ3) is 3.12. The van der Waals surface area contributed by atoms with Gasteiger partial charge in [0.05, 0.1) is 12.8 Å². The summed E-state index contributed by atoms with van der Waals surface area (Å²) in [6.45, 7) is 0.967. The Hall–Kier alpha value is -2.96. The highest BCUT2D eigenvalue weighted by Gasteiger charge is 2.37. The van der Waals surface area contributed by atoms with Gasteiger partial charge < -0.3 is 23.7 Å². The number of rotatable bonds is 5. The van der Waals surface area contributed by atoms with E-state index in [9.17, 15) is 9.59 Å². The predicted molar refractivity (Wildman–Crippen MR) is 91.3 cm³/mol. The molecule has 0 bridgehead atoms. The Morgan fingerprint density at radius 2 is 2.12 bits per heavy atom. The molecule has 0 aliphatic carbocycles. The first-order valence-corrected chi connectivity index (χ1v) is 8.57. The number of hydrogen-bond acceptors (Lipinski definition) is 5. The number of likely N-dealkylation sites (tertiary alicyclic amines) is 1. The fourth-order valence-electron chi connectivity index (χ4n) is 3.39. The summed E-state index contributed by atoms with van der Waals surface area (Å²) in [5.74, 6) is 2.01.